The van der Waals surface area contributed by atoms with Gasteiger partial charge in [0.05, 0.1) is 11.6 Å². The molecule has 0 heterocycles. The lowest BCUT2D eigenvalue weighted by molar-refractivity contribution is 0.398. The van der Waals surface area contributed by atoms with Crippen molar-refractivity contribution in [1.82, 2.24) is 5.43 Å². The topological polar surface area (TPSA) is 98.7 Å². The molecule has 6 N–H and O–H groups in total. The first-order valence-electron chi connectivity index (χ1n) is 4.31. The minimum Gasteiger partial charge on any atom is -0.508 e. The molecule has 0 fully saturated rings. The quantitative estimate of drug-likeness (QED) is 0.364. The number of phenols is 3. The fraction of sp³-hybridized carbons (Fsp3) is 0.333. The van der Waals surface area contributed by atoms with E-state index in [2.05, 4.69) is 5.43 Å². The average Bonchev–Trinajstić information content (AvgIpc) is 2.10. The first-order valence-corrected chi connectivity index (χ1v) is 4.31. The van der Waals surface area contributed by atoms with Crippen molar-refractivity contribution in [2.75, 3.05) is 0 Å². The van der Waals surface area contributed by atoms with Gasteiger partial charge in [-0.15, -0.1) is 0 Å². The van der Waals surface area contributed by atoms with Crippen LogP contribution in [-0.2, 0) is 0 Å². The lowest BCUT2D eigenvalue weighted by Crippen LogP contribution is -2.27. The Kier molecular flexibility index (Phi) is 3.16. The lowest BCUT2D eigenvalue weighted by Gasteiger charge is -2.16. The van der Waals surface area contributed by atoms with Crippen LogP contribution < -0.4 is 11.3 Å². The van der Waals surface area contributed by atoms with E-state index in [1.165, 1.54) is 0 Å². The van der Waals surface area contributed by atoms with Crippen LogP contribution in [0.1, 0.15) is 24.9 Å². The van der Waals surface area contributed by atoms with E-state index < -0.39 is 0 Å². The highest BCUT2D eigenvalue weighted by Gasteiger charge is 2.17. The van der Waals surface area contributed by atoms with Gasteiger partial charge < -0.3 is 15.3 Å². The van der Waals surface area contributed by atoms with Crippen LogP contribution in [0.15, 0.2) is 12.1 Å². The smallest absolute Gasteiger partial charge is 0.127 e. The molecule has 1 rings (SSSR count). The number of phenolic OH excluding ortho intramolecular Hbond substituents is 3. The molecule has 5 heteroatoms. The molecule has 1 atom stereocenters. The van der Waals surface area contributed by atoms with Crippen molar-refractivity contribution in [3.8, 4) is 17.2 Å². The molecule has 0 unspecified atom stereocenters. The zero-order valence-corrected chi connectivity index (χ0v) is 7.86. The van der Waals surface area contributed by atoms with Gasteiger partial charge in [0.1, 0.15) is 17.2 Å². The van der Waals surface area contributed by atoms with Crippen molar-refractivity contribution in [2.45, 2.75) is 19.4 Å². The monoisotopic (exact) mass is 198 g/mol. The summed E-state index contributed by atoms with van der Waals surface area (Å²) in [5.74, 6) is 4.72. The fourth-order valence-corrected chi connectivity index (χ4v) is 1.37. The summed E-state index contributed by atoms with van der Waals surface area (Å²) in [6, 6.07) is 1.99. The van der Waals surface area contributed by atoms with Gasteiger partial charge >= 0.3 is 0 Å². The fourth-order valence-electron chi connectivity index (χ4n) is 1.37. The summed E-state index contributed by atoms with van der Waals surface area (Å²) in [5, 5.41) is 28.1. The molecule has 0 aliphatic heterocycles. The number of hydrazine groups is 1. The molecule has 0 bridgehead atoms. The van der Waals surface area contributed by atoms with Gasteiger partial charge in [-0.25, -0.2) is 0 Å². The highest BCUT2D eigenvalue weighted by Crippen LogP contribution is 2.37. The van der Waals surface area contributed by atoms with Crippen LogP contribution in [0.25, 0.3) is 0 Å². The van der Waals surface area contributed by atoms with Crippen molar-refractivity contribution in [2.24, 2.45) is 5.84 Å². The summed E-state index contributed by atoms with van der Waals surface area (Å²) in [4.78, 5) is 0. The molecule has 0 amide bonds. The average molecular weight is 198 g/mol. The summed E-state index contributed by atoms with van der Waals surface area (Å²) in [6.07, 6.45) is 0.613. The Morgan fingerprint density at radius 1 is 1.29 bits per heavy atom. The van der Waals surface area contributed by atoms with Gasteiger partial charge in [-0.2, -0.15) is 0 Å². The molecule has 1 aromatic rings. The maximum absolute atomic E-state index is 9.49. The first-order chi connectivity index (χ1) is 6.60. The van der Waals surface area contributed by atoms with E-state index >= 15 is 0 Å². The number of benzene rings is 1. The van der Waals surface area contributed by atoms with E-state index in [9.17, 15) is 10.2 Å². The van der Waals surface area contributed by atoms with Gasteiger partial charge in [0.25, 0.3) is 0 Å². The van der Waals surface area contributed by atoms with Gasteiger partial charge in [0.2, 0.25) is 0 Å². The number of nitrogens with one attached hydrogen (secondary N) is 1. The Morgan fingerprint density at radius 2 is 1.79 bits per heavy atom. The van der Waals surface area contributed by atoms with Crippen LogP contribution in [0.3, 0.4) is 0 Å². The van der Waals surface area contributed by atoms with Gasteiger partial charge in [0, 0.05) is 12.1 Å². The van der Waals surface area contributed by atoms with Crippen LogP contribution >= 0.6 is 0 Å². The Labute approximate surface area is 81.8 Å². The van der Waals surface area contributed by atoms with Crippen molar-refractivity contribution in [1.29, 1.82) is 0 Å². The highest BCUT2D eigenvalue weighted by molar-refractivity contribution is 5.50. The third-order valence-electron chi connectivity index (χ3n) is 2.08. The lowest BCUT2D eigenvalue weighted by atomic mass is 10.0. The largest absolute Gasteiger partial charge is 0.508 e. The third-order valence-corrected chi connectivity index (χ3v) is 2.08. The minimum atomic E-state index is -0.337. The molecule has 78 valence electrons. The predicted molar refractivity (Wildman–Crippen MR) is 51.8 cm³/mol. The zero-order valence-electron chi connectivity index (χ0n) is 7.86. The molecule has 0 saturated heterocycles. The molecular weight excluding hydrogens is 184 g/mol. The zero-order chi connectivity index (χ0) is 10.7. The van der Waals surface area contributed by atoms with E-state index in [0.717, 1.165) is 12.1 Å². The summed E-state index contributed by atoms with van der Waals surface area (Å²) in [7, 11) is 0. The second-order valence-corrected chi connectivity index (χ2v) is 3.03. The summed E-state index contributed by atoms with van der Waals surface area (Å²) in [5.41, 5.74) is 2.77. The summed E-state index contributed by atoms with van der Waals surface area (Å²) in [6.45, 7) is 1.86. The molecule has 0 aromatic heterocycles. The van der Waals surface area contributed by atoms with Gasteiger partial charge in [-0.1, -0.05) is 6.92 Å². The maximum atomic E-state index is 9.49. The van der Waals surface area contributed by atoms with Crippen molar-refractivity contribution >= 4 is 0 Å². The van der Waals surface area contributed by atoms with Crippen molar-refractivity contribution in [3.63, 3.8) is 0 Å². The Bertz CT molecular complexity index is 301. The Morgan fingerprint density at radius 3 is 2.14 bits per heavy atom. The van der Waals surface area contributed by atoms with Gasteiger partial charge in [-0.3, -0.25) is 11.3 Å². The number of hydrogen-bond donors (Lipinski definition) is 5. The van der Waals surface area contributed by atoms with E-state index in [4.69, 9.17) is 10.9 Å². The third kappa shape index (κ3) is 1.89. The second-order valence-electron chi connectivity index (χ2n) is 3.03. The number of rotatable bonds is 3. The Hall–Kier alpha value is -1.46. The summed E-state index contributed by atoms with van der Waals surface area (Å²) >= 11 is 0. The molecule has 0 radical (unpaired) electrons. The number of hydrogen-bond acceptors (Lipinski definition) is 5. The van der Waals surface area contributed by atoms with Crippen LogP contribution in [0.5, 0.6) is 17.2 Å². The number of nitrogens with two attached hydrogens (primary N) is 1. The number of aromatic hydroxyl groups is 3. The Balaban J connectivity index is 3.19. The highest BCUT2D eigenvalue weighted by atomic mass is 16.3. The van der Waals surface area contributed by atoms with E-state index in [-0.39, 0.29) is 23.3 Å². The molecule has 0 spiro atoms. The normalized spacial score (nSPS) is 12.7. The second kappa shape index (κ2) is 4.17. The van der Waals surface area contributed by atoms with Gasteiger partial charge in [0.15, 0.2) is 0 Å². The van der Waals surface area contributed by atoms with Gasteiger partial charge in [-0.05, 0) is 6.42 Å². The van der Waals surface area contributed by atoms with E-state index in [1.54, 1.807) is 0 Å². The van der Waals surface area contributed by atoms with Crippen molar-refractivity contribution in [3.05, 3.63) is 17.7 Å². The van der Waals surface area contributed by atoms with Crippen LogP contribution in [0.2, 0.25) is 0 Å². The molecule has 0 aliphatic rings. The molecule has 1 aromatic carbocycles. The molecule has 5 nitrogen and oxygen atoms in total. The van der Waals surface area contributed by atoms with Crippen LogP contribution in [0, 0.1) is 0 Å². The standard InChI is InChI=1S/C9H14N2O3/c1-2-6(11-10)9-7(13)3-5(12)4-8(9)14/h3-4,6,11-14H,2,10H2,1H3/t6-/m1/s1. The van der Waals surface area contributed by atoms with Crippen molar-refractivity contribution < 1.29 is 15.3 Å². The molecular formula is C9H14N2O3. The predicted octanol–water partition coefficient (Wildman–Crippen LogP) is 0.718. The maximum Gasteiger partial charge on any atom is 0.127 e. The molecule has 0 aliphatic carbocycles. The van der Waals surface area contributed by atoms with Crippen LogP contribution in [0.4, 0.5) is 0 Å². The van der Waals surface area contributed by atoms with Crippen LogP contribution in [-0.4, -0.2) is 15.3 Å². The minimum absolute atomic E-state index is 0.174. The molecule has 14 heavy (non-hydrogen) atoms. The summed E-state index contributed by atoms with van der Waals surface area (Å²) < 4.78 is 0. The SMILES string of the molecule is CC[C@@H](NN)c1c(O)cc(O)cc1O. The first kappa shape index (κ1) is 10.6. The molecule has 0 saturated carbocycles. The van der Waals surface area contributed by atoms with E-state index in [0.29, 0.717) is 12.0 Å². The van der Waals surface area contributed by atoms with E-state index in [1.807, 2.05) is 6.92 Å².